The summed E-state index contributed by atoms with van der Waals surface area (Å²) in [7, 11) is 0. The Morgan fingerprint density at radius 2 is 2.11 bits per heavy atom. The molecule has 19 heavy (non-hydrogen) atoms. The lowest BCUT2D eigenvalue weighted by Gasteiger charge is -2.06. The summed E-state index contributed by atoms with van der Waals surface area (Å²) in [6.07, 6.45) is 3.17. The van der Waals surface area contributed by atoms with Gasteiger partial charge in [0.25, 0.3) is 0 Å². The van der Waals surface area contributed by atoms with E-state index in [0.29, 0.717) is 10.2 Å². The smallest absolute Gasteiger partial charge is 0.234 e. The Morgan fingerprint density at radius 3 is 2.84 bits per heavy atom. The molecule has 1 aromatic carbocycles. The molecule has 0 bridgehead atoms. The van der Waals surface area contributed by atoms with E-state index in [1.807, 2.05) is 0 Å². The fourth-order valence-electron chi connectivity index (χ4n) is 1.27. The van der Waals surface area contributed by atoms with Gasteiger partial charge in [0, 0.05) is 17.4 Å². The molecule has 4 nitrogen and oxygen atoms in total. The van der Waals surface area contributed by atoms with Crippen molar-refractivity contribution in [2.24, 2.45) is 0 Å². The van der Waals surface area contributed by atoms with Crippen molar-refractivity contribution in [1.29, 1.82) is 0 Å². The fraction of sp³-hybridized carbons (Fsp3) is 0.0833. The number of halogens is 2. The molecule has 1 amide bonds. The molecule has 2 rings (SSSR count). The third-order valence-electron chi connectivity index (χ3n) is 2.08. The second kappa shape index (κ2) is 6.49. The molecule has 0 saturated heterocycles. The molecule has 0 unspecified atom stereocenters. The molecule has 0 saturated carbocycles. The Morgan fingerprint density at radius 1 is 1.37 bits per heavy atom. The molecule has 0 fully saturated rings. The van der Waals surface area contributed by atoms with Crippen LogP contribution in [-0.4, -0.2) is 21.6 Å². The maximum absolute atomic E-state index is 13.4. The van der Waals surface area contributed by atoms with Gasteiger partial charge in [0.15, 0.2) is 5.16 Å². The summed E-state index contributed by atoms with van der Waals surface area (Å²) in [5, 5.41) is 3.29. The minimum atomic E-state index is -0.529. The average Bonchev–Trinajstić information content (AvgIpc) is 2.42. The predicted octanol–water partition coefficient (Wildman–Crippen LogP) is 3.00. The standard InChI is InChI=1S/C12H9ClFN3OS/c13-8-2-3-9(14)10(6-8)17-11(18)7-19-12-15-4-1-5-16-12/h1-6H,7H2,(H,17,18). The summed E-state index contributed by atoms with van der Waals surface area (Å²) in [6, 6.07) is 5.66. The van der Waals surface area contributed by atoms with Gasteiger partial charge in [0.1, 0.15) is 5.82 Å². The summed E-state index contributed by atoms with van der Waals surface area (Å²) in [4.78, 5) is 19.6. The van der Waals surface area contributed by atoms with Crippen molar-refractivity contribution in [2.45, 2.75) is 5.16 Å². The molecule has 0 aliphatic rings. The van der Waals surface area contributed by atoms with E-state index in [-0.39, 0.29) is 17.3 Å². The third kappa shape index (κ3) is 4.18. The summed E-state index contributed by atoms with van der Waals surface area (Å²) in [6.45, 7) is 0. The van der Waals surface area contributed by atoms with Crippen molar-refractivity contribution in [3.05, 3.63) is 47.5 Å². The van der Waals surface area contributed by atoms with E-state index in [2.05, 4.69) is 15.3 Å². The molecular formula is C12H9ClFN3OS. The van der Waals surface area contributed by atoms with E-state index in [1.54, 1.807) is 18.5 Å². The number of carbonyl (C=O) groups is 1. The number of carbonyl (C=O) groups excluding carboxylic acids is 1. The third-order valence-corrected chi connectivity index (χ3v) is 3.19. The van der Waals surface area contributed by atoms with Gasteiger partial charge < -0.3 is 5.32 Å². The van der Waals surface area contributed by atoms with Crippen LogP contribution in [0.15, 0.2) is 41.8 Å². The zero-order valence-corrected chi connectivity index (χ0v) is 11.2. The van der Waals surface area contributed by atoms with Crippen LogP contribution in [0.5, 0.6) is 0 Å². The van der Waals surface area contributed by atoms with Crippen LogP contribution in [0.2, 0.25) is 5.02 Å². The van der Waals surface area contributed by atoms with E-state index in [9.17, 15) is 9.18 Å². The maximum Gasteiger partial charge on any atom is 0.234 e. The van der Waals surface area contributed by atoms with E-state index >= 15 is 0 Å². The predicted molar refractivity (Wildman–Crippen MR) is 72.8 cm³/mol. The van der Waals surface area contributed by atoms with Crippen molar-refractivity contribution in [3.8, 4) is 0 Å². The second-order valence-electron chi connectivity index (χ2n) is 3.49. The second-order valence-corrected chi connectivity index (χ2v) is 4.87. The van der Waals surface area contributed by atoms with Gasteiger partial charge in [0.2, 0.25) is 5.91 Å². The lowest BCUT2D eigenvalue weighted by Crippen LogP contribution is -2.15. The number of aromatic nitrogens is 2. The van der Waals surface area contributed by atoms with Crippen LogP contribution in [0.1, 0.15) is 0 Å². The lowest BCUT2D eigenvalue weighted by atomic mass is 10.3. The monoisotopic (exact) mass is 297 g/mol. The minimum Gasteiger partial charge on any atom is -0.323 e. The number of thioether (sulfide) groups is 1. The molecular weight excluding hydrogens is 289 g/mol. The van der Waals surface area contributed by atoms with E-state index in [4.69, 9.17) is 11.6 Å². The summed E-state index contributed by atoms with van der Waals surface area (Å²) in [5.74, 6) is -0.784. The largest absolute Gasteiger partial charge is 0.323 e. The molecule has 1 aromatic heterocycles. The van der Waals surface area contributed by atoms with Crippen molar-refractivity contribution in [1.82, 2.24) is 9.97 Å². The molecule has 98 valence electrons. The van der Waals surface area contributed by atoms with Gasteiger partial charge in [0.05, 0.1) is 11.4 Å². The first-order valence-electron chi connectivity index (χ1n) is 5.30. The van der Waals surface area contributed by atoms with Gasteiger partial charge in [-0.1, -0.05) is 23.4 Å². The van der Waals surface area contributed by atoms with Crippen molar-refractivity contribution >= 4 is 35.0 Å². The number of hydrogen-bond donors (Lipinski definition) is 1. The molecule has 0 aliphatic heterocycles. The van der Waals surface area contributed by atoms with Gasteiger partial charge in [-0.05, 0) is 24.3 Å². The van der Waals surface area contributed by atoms with Gasteiger partial charge in [-0.25, -0.2) is 14.4 Å². The van der Waals surface area contributed by atoms with Crippen molar-refractivity contribution < 1.29 is 9.18 Å². The quantitative estimate of drug-likeness (QED) is 0.696. The van der Waals surface area contributed by atoms with Gasteiger partial charge in [-0.2, -0.15) is 0 Å². The molecule has 1 N–H and O–H groups in total. The first-order valence-corrected chi connectivity index (χ1v) is 6.66. The molecule has 0 atom stereocenters. The van der Waals surface area contributed by atoms with Crippen LogP contribution in [0.25, 0.3) is 0 Å². The molecule has 1 heterocycles. The molecule has 0 aliphatic carbocycles. The Bertz CT molecular complexity index is 582. The number of rotatable bonds is 4. The maximum atomic E-state index is 13.4. The zero-order chi connectivity index (χ0) is 13.7. The Labute approximate surface area is 118 Å². The summed E-state index contributed by atoms with van der Waals surface area (Å²) < 4.78 is 13.4. The zero-order valence-electron chi connectivity index (χ0n) is 9.64. The van der Waals surface area contributed by atoms with Crippen LogP contribution >= 0.6 is 23.4 Å². The highest BCUT2D eigenvalue weighted by atomic mass is 35.5. The Kier molecular flexibility index (Phi) is 4.70. The number of nitrogens with one attached hydrogen (secondary N) is 1. The Balaban J connectivity index is 1.93. The highest BCUT2D eigenvalue weighted by Gasteiger charge is 2.08. The van der Waals surface area contributed by atoms with Crippen LogP contribution in [0.3, 0.4) is 0 Å². The number of anilines is 1. The normalized spacial score (nSPS) is 10.2. The number of amides is 1. The topological polar surface area (TPSA) is 54.9 Å². The summed E-state index contributed by atoms with van der Waals surface area (Å²) >= 11 is 6.90. The molecule has 0 spiro atoms. The highest BCUT2D eigenvalue weighted by molar-refractivity contribution is 7.99. The summed E-state index contributed by atoms with van der Waals surface area (Å²) in [5.41, 5.74) is 0.0621. The van der Waals surface area contributed by atoms with Crippen molar-refractivity contribution in [3.63, 3.8) is 0 Å². The van der Waals surface area contributed by atoms with Crippen LogP contribution in [0, 0.1) is 5.82 Å². The highest BCUT2D eigenvalue weighted by Crippen LogP contribution is 2.20. The number of nitrogens with zero attached hydrogens (tertiary/aromatic N) is 2. The van der Waals surface area contributed by atoms with E-state index in [0.717, 1.165) is 0 Å². The molecule has 0 radical (unpaired) electrons. The average molecular weight is 298 g/mol. The fourth-order valence-corrected chi connectivity index (χ4v) is 2.04. The SMILES string of the molecule is O=C(CSc1ncccn1)Nc1cc(Cl)ccc1F. The lowest BCUT2D eigenvalue weighted by molar-refractivity contribution is -0.113. The van der Waals surface area contributed by atoms with E-state index in [1.165, 1.54) is 30.0 Å². The Hall–Kier alpha value is -1.66. The van der Waals surface area contributed by atoms with Gasteiger partial charge in [-0.15, -0.1) is 0 Å². The number of hydrogen-bond acceptors (Lipinski definition) is 4. The molecule has 7 heteroatoms. The van der Waals surface area contributed by atoms with Crippen molar-refractivity contribution in [2.75, 3.05) is 11.1 Å². The number of benzene rings is 1. The van der Waals surface area contributed by atoms with Gasteiger partial charge >= 0.3 is 0 Å². The molecule has 2 aromatic rings. The van der Waals surface area contributed by atoms with Gasteiger partial charge in [-0.3, -0.25) is 4.79 Å². The first-order chi connectivity index (χ1) is 9.15. The van der Waals surface area contributed by atoms with E-state index < -0.39 is 5.82 Å². The van der Waals surface area contributed by atoms with Crippen LogP contribution < -0.4 is 5.32 Å². The van der Waals surface area contributed by atoms with Crippen LogP contribution in [-0.2, 0) is 4.79 Å². The van der Waals surface area contributed by atoms with Crippen LogP contribution in [0.4, 0.5) is 10.1 Å². The minimum absolute atomic E-state index is 0.0621. The first kappa shape index (κ1) is 13.8.